The van der Waals surface area contributed by atoms with Crippen molar-refractivity contribution in [2.24, 2.45) is 0 Å². The summed E-state index contributed by atoms with van der Waals surface area (Å²) >= 11 is 3.39. The van der Waals surface area contributed by atoms with Crippen molar-refractivity contribution in [3.05, 3.63) is 64.8 Å². The van der Waals surface area contributed by atoms with Gasteiger partial charge >= 0.3 is 5.97 Å². The van der Waals surface area contributed by atoms with Crippen molar-refractivity contribution >= 4 is 33.4 Å². The highest BCUT2D eigenvalue weighted by Gasteiger charge is 2.22. The lowest BCUT2D eigenvalue weighted by molar-refractivity contribution is 0.0525. The highest BCUT2D eigenvalue weighted by atomic mass is 79.9. The number of carbonyl (C=O) groups excluding carboxylic acids is 1. The normalized spacial score (nSPS) is 10.3. The molecule has 7 heteroatoms. The number of hydrogen-bond donors (Lipinski definition) is 1. The molecule has 27 heavy (non-hydrogen) atoms. The summed E-state index contributed by atoms with van der Waals surface area (Å²) in [5.74, 6) is 0.927. The fraction of sp³-hybridized carbons (Fsp3) is 0.150. The second-order valence-corrected chi connectivity index (χ2v) is 6.22. The first kappa shape index (κ1) is 18.8. The average Bonchev–Trinajstić information content (AvgIpc) is 2.69. The molecule has 0 amide bonds. The van der Waals surface area contributed by atoms with Crippen molar-refractivity contribution in [3.8, 4) is 17.1 Å². The summed E-state index contributed by atoms with van der Waals surface area (Å²) in [6.07, 6.45) is 0. The first-order valence-corrected chi connectivity index (χ1v) is 9.13. The van der Waals surface area contributed by atoms with Gasteiger partial charge in [-0.25, -0.2) is 14.8 Å². The third kappa shape index (κ3) is 4.25. The predicted octanol–water partition coefficient (Wildman–Crippen LogP) is 4.84. The molecule has 1 N–H and O–H groups in total. The number of esters is 1. The van der Waals surface area contributed by atoms with Crippen molar-refractivity contribution in [3.63, 3.8) is 0 Å². The standard InChI is InChI=1S/C20H18BrN3O3/c1-3-27-20(25)16-17(21)23-18(13-9-5-4-6-10-13)24-19(16)22-14-11-7-8-12-15(14)26-2/h4-12H,3H2,1-2H3,(H,22,23,24). The van der Waals surface area contributed by atoms with Gasteiger partial charge in [-0.05, 0) is 35.0 Å². The number of methoxy groups -OCH3 is 1. The van der Waals surface area contributed by atoms with Gasteiger partial charge in [-0.2, -0.15) is 0 Å². The molecule has 0 fully saturated rings. The number of hydrogen-bond acceptors (Lipinski definition) is 6. The maximum Gasteiger partial charge on any atom is 0.344 e. The molecule has 0 bridgehead atoms. The Hall–Kier alpha value is -2.93. The van der Waals surface area contributed by atoms with Crippen LogP contribution in [0.1, 0.15) is 17.3 Å². The van der Waals surface area contributed by atoms with Crippen LogP contribution in [0, 0.1) is 0 Å². The number of ether oxygens (including phenoxy) is 2. The molecular formula is C20H18BrN3O3. The Bertz CT molecular complexity index is 948. The van der Waals surface area contributed by atoms with Gasteiger partial charge in [-0.15, -0.1) is 0 Å². The largest absolute Gasteiger partial charge is 0.495 e. The van der Waals surface area contributed by atoms with E-state index in [1.807, 2.05) is 54.6 Å². The summed E-state index contributed by atoms with van der Waals surface area (Å²) in [7, 11) is 1.58. The SMILES string of the molecule is CCOC(=O)c1c(Br)nc(-c2ccccc2)nc1Nc1ccccc1OC. The number of para-hydroxylation sites is 2. The van der Waals surface area contributed by atoms with Gasteiger partial charge in [0.2, 0.25) is 0 Å². The van der Waals surface area contributed by atoms with Crippen molar-refractivity contribution in [1.29, 1.82) is 0 Å². The van der Waals surface area contributed by atoms with Crippen molar-refractivity contribution < 1.29 is 14.3 Å². The summed E-state index contributed by atoms with van der Waals surface area (Å²) in [5, 5.41) is 3.18. The zero-order chi connectivity index (χ0) is 19.2. The van der Waals surface area contributed by atoms with Gasteiger partial charge in [0, 0.05) is 5.56 Å². The number of anilines is 2. The molecule has 0 unspecified atom stereocenters. The Kier molecular flexibility index (Phi) is 6.03. The van der Waals surface area contributed by atoms with Gasteiger partial charge in [-0.1, -0.05) is 42.5 Å². The maximum atomic E-state index is 12.5. The quantitative estimate of drug-likeness (QED) is 0.448. The Morgan fingerprint density at radius 3 is 2.48 bits per heavy atom. The monoisotopic (exact) mass is 427 g/mol. The molecule has 0 aliphatic carbocycles. The highest BCUT2D eigenvalue weighted by molar-refractivity contribution is 9.10. The van der Waals surface area contributed by atoms with Crippen LogP contribution in [0.4, 0.5) is 11.5 Å². The number of aromatic nitrogens is 2. The molecule has 3 aromatic rings. The molecule has 0 aliphatic heterocycles. The predicted molar refractivity (Wildman–Crippen MR) is 107 cm³/mol. The van der Waals surface area contributed by atoms with Gasteiger partial charge in [-0.3, -0.25) is 0 Å². The number of nitrogens with one attached hydrogen (secondary N) is 1. The molecule has 0 radical (unpaired) electrons. The number of benzene rings is 2. The zero-order valence-electron chi connectivity index (χ0n) is 14.9. The lowest BCUT2D eigenvalue weighted by Crippen LogP contribution is -2.12. The van der Waals surface area contributed by atoms with Crippen LogP contribution < -0.4 is 10.1 Å². The van der Waals surface area contributed by atoms with Gasteiger partial charge in [0.15, 0.2) is 11.6 Å². The molecule has 0 atom stereocenters. The van der Waals surface area contributed by atoms with E-state index in [9.17, 15) is 4.79 Å². The minimum absolute atomic E-state index is 0.224. The molecule has 138 valence electrons. The van der Waals surface area contributed by atoms with E-state index < -0.39 is 5.97 Å². The first-order valence-electron chi connectivity index (χ1n) is 8.34. The van der Waals surface area contributed by atoms with Crippen molar-refractivity contribution in [1.82, 2.24) is 9.97 Å². The molecule has 1 heterocycles. The van der Waals surface area contributed by atoms with Crippen molar-refractivity contribution in [2.45, 2.75) is 6.92 Å². The third-order valence-electron chi connectivity index (χ3n) is 3.74. The van der Waals surface area contributed by atoms with Crippen LogP contribution in [0.5, 0.6) is 5.75 Å². The van der Waals surface area contributed by atoms with E-state index in [1.165, 1.54) is 0 Å². The minimum atomic E-state index is -0.513. The Morgan fingerprint density at radius 1 is 1.07 bits per heavy atom. The van der Waals surface area contributed by atoms with Crippen LogP contribution in [0.15, 0.2) is 59.2 Å². The van der Waals surface area contributed by atoms with Crippen LogP contribution in [-0.2, 0) is 4.74 Å². The Balaban J connectivity index is 2.12. The minimum Gasteiger partial charge on any atom is -0.495 e. The first-order chi connectivity index (χ1) is 13.1. The summed E-state index contributed by atoms with van der Waals surface area (Å²) in [6.45, 7) is 2.00. The molecule has 0 saturated heterocycles. The number of rotatable bonds is 6. The van der Waals surface area contributed by atoms with Gasteiger partial charge in [0.1, 0.15) is 15.9 Å². The average molecular weight is 428 g/mol. The molecule has 0 aliphatic rings. The fourth-order valence-corrected chi connectivity index (χ4v) is 3.02. The summed E-state index contributed by atoms with van der Waals surface area (Å²) < 4.78 is 10.9. The van der Waals surface area contributed by atoms with Gasteiger partial charge in [0.25, 0.3) is 0 Å². The second-order valence-electron chi connectivity index (χ2n) is 5.47. The lowest BCUT2D eigenvalue weighted by Gasteiger charge is -2.15. The Labute approximate surface area is 165 Å². The van der Waals surface area contributed by atoms with Crippen molar-refractivity contribution in [2.75, 3.05) is 19.0 Å². The van der Waals surface area contributed by atoms with Crippen LogP contribution >= 0.6 is 15.9 Å². The van der Waals surface area contributed by atoms with E-state index in [4.69, 9.17) is 9.47 Å². The Morgan fingerprint density at radius 2 is 1.78 bits per heavy atom. The summed E-state index contributed by atoms with van der Waals surface area (Å²) in [6, 6.07) is 16.9. The second kappa shape index (κ2) is 8.64. The highest BCUT2D eigenvalue weighted by Crippen LogP contribution is 2.32. The molecule has 1 aromatic heterocycles. The summed E-state index contributed by atoms with van der Waals surface area (Å²) in [5.41, 5.74) is 1.73. The van der Waals surface area contributed by atoms with E-state index in [1.54, 1.807) is 14.0 Å². The molecule has 3 rings (SSSR count). The fourth-order valence-electron chi connectivity index (χ4n) is 2.50. The summed E-state index contributed by atoms with van der Waals surface area (Å²) in [4.78, 5) is 21.5. The number of nitrogens with zero attached hydrogens (tertiary/aromatic N) is 2. The van der Waals surface area contributed by atoms with Gasteiger partial charge in [0.05, 0.1) is 19.4 Å². The molecule has 2 aromatic carbocycles. The van der Waals surface area contributed by atoms with E-state index >= 15 is 0 Å². The van der Waals surface area contributed by atoms with E-state index in [0.717, 1.165) is 5.56 Å². The molecule has 0 saturated carbocycles. The van der Waals surface area contributed by atoms with E-state index in [2.05, 4.69) is 31.2 Å². The third-order valence-corrected chi connectivity index (χ3v) is 4.31. The van der Waals surface area contributed by atoms with Gasteiger partial charge < -0.3 is 14.8 Å². The van der Waals surface area contributed by atoms with Crippen LogP contribution in [0.25, 0.3) is 11.4 Å². The number of halogens is 1. The molecule has 6 nitrogen and oxygen atoms in total. The smallest absolute Gasteiger partial charge is 0.344 e. The van der Waals surface area contributed by atoms with Crippen LogP contribution in [-0.4, -0.2) is 29.7 Å². The number of carbonyl (C=O) groups is 1. The molecular weight excluding hydrogens is 410 g/mol. The topological polar surface area (TPSA) is 73.3 Å². The lowest BCUT2D eigenvalue weighted by atomic mass is 10.2. The maximum absolute atomic E-state index is 12.5. The zero-order valence-corrected chi connectivity index (χ0v) is 16.5. The van der Waals surface area contributed by atoms with E-state index in [0.29, 0.717) is 27.7 Å². The van der Waals surface area contributed by atoms with Crippen LogP contribution in [0.3, 0.4) is 0 Å². The molecule has 0 spiro atoms. The van der Waals surface area contributed by atoms with Crippen LogP contribution in [0.2, 0.25) is 0 Å². The van der Waals surface area contributed by atoms with E-state index in [-0.39, 0.29) is 12.2 Å².